The summed E-state index contributed by atoms with van der Waals surface area (Å²) in [4.78, 5) is 0. The first-order valence-electron chi connectivity index (χ1n) is 15.8. The van der Waals surface area contributed by atoms with Gasteiger partial charge in [-0.15, -0.1) is 11.3 Å². The molecule has 0 amide bonds. The van der Waals surface area contributed by atoms with E-state index in [0.29, 0.717) is 5.56 Å². The molecule has 0 aliphatic carbocycles. The van der Waals surface area contributed by atoms with E-state index in [1.165, 1.54) is 40.9 Å². The second-order valence-electron chi connectivity index (χ2n) is 12.0. The smallest absolute Gasteiger partial charge is 0.179 e. The van der Waals surface area contributed by atoms with E-state index in [2.05, 4.69) is 168 Å². The van der Waals surface area contributed by atoms with Gasteiger partial charge in [-0.3, -0.25) is 0 Å². The fourth-order valence-electron chi connectivity index (χ4n) is 7.52. The molecule has 4 heteroatoms. The quantitative estimate of drug-likeness (QED) is 0.138. The zero-order valence-corrected chi connectivity index (χ0v) is 27.3. The van der Waals surface area contributed by atoms with Crippen LogP contribution in [-0.2, 0) is 0 Å². The molecule has 0 unspecified atom stereocenters. The number of nitriles is 1. The lowest BCUT2D eigenvalue weighted by atomic mass is 10.1. The summed E-state index contributed by atoms with van der Waals surface area (Å²) in [7, 11) is -2.65. The summed E-state index contributed by atoms with van der Waals surface area (Å²) in [6, 6.07) is 64.3. The third kappa shape index (κ3) is 4.22. The first-order valence-corrected chi connectivity index (χ1v) is 18.6. The van der Waals surface area contributed by atoms with E-state index in [-0.39, 0.29) is 0 Å². The van der Waals surface area contributed by atoms with Crippen molar-refractivity contribution in [2.24, 2.45) is 0 Å². The molecule has 0 saturated carbocycles. The van der Waals surface area contributed by atoms with Gasteiger partial charge in [-0.25, -0.2) is 0 Å². The van der Waals surface area contributed by atoms with Crippen molar-refractivity contribution in [1.29, 1.82) is 5.26 Å². The maximum atomic E-state index is 9.63. The summed E-state index contributed by atoms with van der Waals surface area (Å²) in [5.74, 6) is 0. The molecule has 0 bridgehead atoms. The highest BCUT2D eigenvalue weighted by molar-refractivity contribution is 7.26. The van der Waals surface area contributed by atoms with E-state index in [1.54, 1.807) is 0 Å². The molecule has 0 radical (unpaired) electrons. The fraction of sp³-hybridized carbons (Fsp3) is 0. The second kappa shape index (κ2) is 11.0. The number of fused-ring (bicyclic) bond motifs is 6. The Kier molecular flexibility index (Phi) is 6.43. The third-order valence-corrected chi connectivity index (χ3v) is 15.5. The molecule has 0 spiro atoms. The molecule has 0 aliphatic heterocycles. The van der Waals surface area contributed by atoms with Crippen LogP contribution in [0.4, 0.5) is 0 Å². The van der Waals surface area contributed by atoms with Crippen molar-refractivity contribution in [1.82, 2.24) is 4.57 Å². The van der Waals surface area contributed by atoms with Gasteiger partial charge in [0.25, 0.3) is 0 Å². The molecule has 2 aromatic heterocycles. The second-order valence-corrected chi connectivity index (χ2v) is 16.9. The van der Waals surface area contributed by atoms with E-state index < -0.39 is 8.07 Å². The largest absolute Gasteiger partial charge is 0.309 e. The zero-order chi connectivity index (χ0) is 31.4. The standard InChI is InChI=1S/C43H28N2SSi/c44-29-30-20-23-41-37(26-30)36-18-10-11-19-40(36)45(41)31-21-24-42-38(27-31)39-28-35(22-25-43(39)46-42)47(32-12-4-1-5-13-32,33-14-6-2-7-15-33)34-16-8-3-9-17-34/h1-28H. The van der Waals surface area contributed by atoms with Gasteiger partial charge in [0.15, 0.2) is 8.07 Å². The monoisotopic (exact) mass is 632 g/mol. The summed E-state index contributed by atoms with van der Waals surface area (Å²) >= 11 is 1.86. The number of nitrogens with zero attached hydrogens (tertiary/aromatic N) is 2. The molecule has 7 aromatic carbocycles. The van der Waals surface area contributed by atoms with Crippen LogP contribution in [0.5, 0.6) is 0 Å². The van der Waals surface area contributed by atoms with Gasteiger partial charge in [0, 0.05) is 36.6 Å². The van der Waals surface area contributed by atoms with Crippen LogP contribution in [0.2, 0.25) is 0 Å². The van der Waals surface area contributed by atoms with Crippen LogP contribution >= 0.6 is 11.3 Å². The number of hydrogen-bond acceptors (Lipinski definition) is 2. The van der Waals surface area contributed by atoms with Crippen molar-refractivity contribution in [3.63, 3.8) is 0 Å². The third-order valence-electron chi connectivity index (χ3n) is 9.57. The normalized spacial score (nSPS) is 11.8. The van der Waals surface area contributed by atoms with Crippen molar-refractivity contribution >= 4 is 82.1 Å². The Labute approximate surface area is 278 Å². The molecular weight excluding hydrogens is 605 g/mol. The average Bonchev–Trinajstić information content (AvgIpc) is 3.68. The maximum Gasteiger partial charge on any atom is 0.179 e. The lowest BCUT2D eigenvalue weighted by Crippen LogP contribution is -2.74. The van der Waals surface area contributed by atoms with Gasteiger partial charge < -0.3 is 4.57 Å². The van der Waals surface area contributed by atoms with Crippen LogP contribution in [-0.4, -0.2) is 12.6 Å². The van der Waals surface area contributed by atoms with Gasteiger partial charge >= 0.3 is 0 Å². The summed E-state index contributed by atoms with van der Waals surface area (Å²) in [6.07, 6.45) is 0. The number of rotatable bonds is 5. The Morgan fingerprint density at radius 3 is 1.64 bits per heavy atom. The summed E-state index contributed by atoms with van der Waals surface area (Å²) < 4.78 is 4.91. The Hall–Kier alpha value is -5.73. The number of para-hydroxylation sites is 1. The molecule has 47 heavy (non-hydrogen) atoms. The number of aromatic nitrogens is 1. The molecule has 2 nitrogen and oxygen atoms in total. The zero-order valence-electron chi connectivity index (χ0n) is 25.5. The first-order chi connectivity index (χ1) is 23.3. The van der Waals surface area contributed by atoms with Crippen LogP contribution in [0.25, 0.3) is 47.7 Å². The van der Waals surface area contributed by atoms with Crippen molar-refractivity contribution in [3.05, 3.63) is 175 Å². The highest BCUT2D eigenvalue weighted by atomic mass is 32.1. The summed E-state index contributed by atoms with van der Waals surface area (Å²) in [6.45, 7) is 0. The van der Waals surface area contributed by atoms with Gasteiger partial charge in [0.05, 0.1) is 22.7 Å². The van der Waals surface area contributed by atoms with Crippen molar-refractivity contribution < 1.29 is 0 Å². The van der Waals surface area contributed by atoms with Gasteiger partial charge in [0.1, 0.15) is 0 Å². The SMILES string of the molecule is N#Cc1ccc2c(c1)c1ccccc1n2-c1ccc2sc3ccc([Si](c4ccccc4)(c4ccccc4)c4ccccc4)cc3c2c1. The van der Waals surface area contributed by atoms with E-state index >= 15 is 0 Å². The lowest BCUT2D eigenvalue weighted by molar-refractivity contribution is 1.19. The Balaban J connectivity index is 1.33. The van der Waals surface area contributed by atoms with Gasteiger partial charge in [-0.1, -0.05) is 121 Å². The van der Waals surface area contributed by atoms with E-state index in [9.17, 15) is 5.26 Å². The average molecular weight is 633 g/mol. The molecule has 2 heterocycles. The summed E-state index contributed by atoms with van der Waals surface area (Å²) in [5, 5.41) is 19.9. The number of thiophene rings is 1. The van der Waals surface area contributed by atoms with Gasteiger partial charge in [-0.05, 0) is 69.3 Å². The predicted octanol–water partition coefficient (Wildman–Crippen LogP) is 8.40. The number of benzene rings is 7. The maximum absolute atomic E-state index is 9.63. The minimum absolute atomic E-state index is 0.676. The molecule has 0 aliphatic rings. The van der Waals surface area contributed by atoms with Crippen molar-refractivity contribution in [2.45, 2.75) is 0 Å². The molecular formula is C43H28N2SSi. The van der Waals surface area contributed by atoms with Crippen molar-refractivity contribution in [2.75, 3.05) is 0 Å². The van der Waals surface area contributed by atoms with Crippen LogP contribution in [0.15, 0.2) is 170 Å². The van der Waals surface area contributed by atoms with Crippen LogP contribution in [0, 0.1) is 11.3 Å². The Morgan fingerprint density at radius 2 is 1.00 bits per heavy atom. The van der Waals surface area contributed by atoms with Crippen LogP contribution in [0.1, 0.15) is 5.56 Å². The van der Waals surface area contributed by atoms with Gasteiger partial charge in [0.2, 0.25) is 0 Å². The molecule has 220 valence electrons. The highest BCUT2D eigenvalue weighted by Crippen LogP contribution is 2.38. The van der Waals surface area contributed by atoms with E-state index in [4.69, 9.17) is 0 Å². The fourth-order valence-corrected chi connectivity index (χ4v) is 13.4. The van der Waals surface area contributed by atoms with Crippen LogP contribution in [0.3, 0.4) is 0 Å². The minimum Gasteiger partial charge on any atom is -0.309 e. The summed E-state index contributed by atoms with van der Waals surface area (Å²) in [5.41, 5.74) is 4.04. The molecule has 9 aromatic rings. The Bertz CT molecular complexity index is 2530. The van der Waals surface area contributed by atoms with Gasteiger partial charge in [-0.2, -0.15) is 5.26 Å². The highest BCUT2D eigenvalue weighted by Gasteiger charge is 2.41. The van der Waals surface area contributed by atoms with Crippen molar-refractivity contribution in [3.8, 4) is 11.8 Å². The van der Waals surface area contributed by atoms with E-state index in [0.717, 1.165) is 27.5 Å². The van der Waals surface area contributed by atoms with E-state index in [1.807, 2.05) is 23.5 Å². The molecule has 0 N–H and O–H groups in total. The molecule has 0 atom stereocenters. The molecule has 0 saturated heterocycles. The van der Waals surface area contributed by atoms with Crippen LogP contribution < -0.4 is 20.7 Å². The predicted molar refractivity (Wildman–Crippen MR) is 202 cm³/mol. The Morgan fingerprint density at radius 1 is 0.447 bits per heavy atom. The lowest BCUT2D eigenvalue weighted by Gasteiger charge is -2.34. The molecule has 9 rings (SSSR count). The topological polar surface area (TPSA) is 28.7 Å². The molecule has 0 fully saturated rings. The number of hydrogen-bond donors (Lipinski definition) is 0. The first kappa shape index (κ1) is 27.6. The minimum atomic E-state index is -2.65.